The number of benzene rings is 2. The summed E-state index contributed by atoms with van der Waals surface area (Å²) in [5.74, 6) is -0.248. The molecule has 0 fully saturated rings. The van der Waals surface area contributed by atoms with Crippen molar-refractivity contribution < 1.29 is 9.59 Å². The summed E-state index contributed by atoms with van der Waals surface area (Å²) in [4.78, 5) is 23.2. The number of anilines is 1. The van der Waals surface area contributed by atoms with Crippen LogP contribution in [0.2, 0.25) is 0 Å². The maximum absolute atomic E-state index is 12.2. The summed E-state index contributed by atoms with van der Waals surface area (Å²) in [6, 6.07) is 15.2. The van der Waals surface area contributed by atoms with Crippen LogP contribution in [0, 0.1) is 0 Å². The molecule has 130 valence electrons. The second-order valence-corrected chi connectivity index (χ2v) is 6.57. The second kappa shape index (κ2) is 9.18. The Kier molecular flexibility index (Phi) is 6.95. The molecule has 25 heavy (non-hydrogen) atoms. The minimum absolute atomic E-state index is 0.0209. The molecule has 0 spiro atoms. The van der Waals surface area contributed by atoms with E-state index in [0.29, 0.717) is 0 Å². The van der Waals surface area contributed by atoms with E-state index < -0.39 is 0 Å². The molecule has 2 aromatic rings. The van der Waals surface area contributed by atoms with Gasteiger partial charge in [0, 0.05) is 23.2 Å². The lowest BCUT2D eigenvalue weighted by Crippen LogP contribution is -2.26. The van der Waals surface area contributed by atoms with Gasteiger partial charge in [0.25, 0.3) is 0 Å². The van der Waals surface area contributed by atoms with Crippen molar-refractivity contribution in [1.82, 2.24) is 5.32 Å². The summed E-state index contributed by atoms with van der Waals surface area (Å²) in [6.45, 7) is 3.51. The molecule has 2 N–H and O–H groups in total. The first kappa shape index (κ1) is 18.9. The summed E-state index contributed by atoms with van der Waals surface area (Å²) in [7, 11) is 0. The molecule has 0 radical (unpaired) electrons. The monoisotopic (exact) mass is 400 g/mol. The smallest absolute Gasteiger partial charge is 0.244 e. The Morgan fingerprint density at radius 3 is 2.28 bits per heavy atom. The van der Waals surface area contributed by atoms with Gasteiger partial charge in [0.2, 0.25) is 11.8 Å². The number of amides is 2. The molecule has 1 unspecified atom stereocenters. The molecule has 0 aliphatic rings. The molecular formula is C20H21BrN2O2. The van der Waals surface area contributed by atoms with Crippen molar-refractivity contribution in [1.29, 1.82) is 0 Å². The Bertz CT molecular complexity index is 752. The van der Waals surface area contributed by atoms with Gasteiger partial charge in [0.1, 0.15) is 0 Å². The zero-order valence-electron chi connectivity index (χ0n) is 14.3. The highest BCUT2D eigenvalue weighted by Crippen LogP contribution is 2.19. The molecule has 1 atom stereocenters. The van der Waals surface area contributed by atoms with Gasteiger partial charge >= 0.3 is 0 Å². The fourth-order valence-corrected chi connectivity index (χ4v) is 2.65. The first-order chi connectivity index (χ1) is 12.0. The molecule has 2 aromatic carbocycles. The van der Waals surface area contributed by atoms with Crippen LogP contribution in [0.5, 0.6) is 0 Å². The number of hydrogen-bond donors (Lipinski definition) is 2. The molecule has 0 aliphatic heterocycles. The number of rotatable bonds is 6. The van der Waals surface area contributed by atoms with Crippen molar-refractivity contribution in [3.05, 3.63) is 70.2 Å². The fraction of sp³-hybridized carbons (Fsp3) is 0.200. The van der Waals surface area contributed by atoms with E-state index in [-0.39, 0.29) is 17.9 Å². The third kappa shape index (κ3) is 6.19. The van der Waals surface area contributed by atoms with E-state index in [9.17, 15) is 9.59 Å². The van der Waals surface area contributed by atoms with E-state index in [1.165, 1.54) is 13.0 Å². The minimum atomic E-state index is -0.138. The lowest BCUT2D eigenvalue weighted by Gasteiger charge is -2.16. The first-order valence-corrected chi connectivity index (χ1v) is 8.89. The molecule has 0 saturated heterocycles. The fourth-order valence-electron chi connectivity index (χ4n) is 2.39. The van der Waals surface area contributed by atoms with Gasteiger partial charge in [-0.2, -0.15) is 0 Å². The molecule has 4 nitrogen and oxygen atoms in total. The highest BCUT2D eigenvalue weighted by molar-refractivity contribution is 9.10. The Labute approximate surface area is 156 Å². The van der Waals surface area contributed by atoms with Crippen LogP contribution in [0.25, 0.3) is 6.08 Å². The van der Waals surface area contributed by atoms with Crippen molar-refractivity contribution in [3.63, 3.8) is 0 Å². The molecule has 2 rings (SSSR count). The quantitative estimate of drug-likeness (QED) is 0.690. The Balaban J connectivity index is 1.97. The van der Waals surface area contributed by atoms with Gasteiger partial charge in [0.05, 0.1) is 6.04 Å². The molecule has 5 heteroatoms. The van der Waals surface area contributed by atoms with E-state index >= 15 is 0 Å². The topological polar surface area (TPSA) is 58.2 Å². The largest absolute Gasteiger partial charge is 0.346 e. The predicted molar refractivity (Wildman–Crippen MR) is 105 cm³/mol. The third-order valence-electron chi connectivity index (χ3n) is 3.66. The summed E-state index contributed by atoms with van der Waals surface area (Å²) >= 11 is 3.41. The van der Waals surface area contributed by atoms with Gasteiger partial charge < -0.3 is 10.6 Å². The SMILES string of the molecule is CCC(NC(=O)/C=C/c1ccc(NC(C)=O)cc1)c1ccc(Br)cc1. The van der Waals surface area contributed by atoms with Crippen molar-refractivity contribution in [2.45, 2.75) is 26.3 Å². The summed E-state index contributed by atoms with van der Waals surface area (Å²) in [5.41, 5.74) is 2.70. The van der Waals surface area contributed by atoms with Gasteiger partial charge in [0.15, 0.2) is 0 Å². The van der Waals surface area contributed by atoms with Gasteiger partial charge in [-0.3, -0.25) is 9.59 Å². The van der Waals surface area contributed by atoms with Crippen LogP contribution in [0.3, 0.4) is 0 Å². The van der Waals surface area contributed by atoms with Crippen LogP contribution in [0.4, 0.5) is 5.69 Å². The zero-order valence-corrected chi connectivity index (χ0v) is 15.8. The average molecular weight is 401 g/mol. The first-order valence-electron chi connectivity index (χ1n) is 8.09. The summed E-state index contributed by atoms with van der Waals surface area (Å²) in [6.07, 6.45) is 4.09. The highest BCUT2D eigenvalue weighted by atomic mass is 79.9. The van der Waals surface area contributed by atoms with Gasteiger partial charge in [-0.25, -0.2) is 0 Å². The number of nitrogens with one attached hydrogen (secondary N) is 2. The van der Waals surface area contributed by atoms with Crippen LogP contribution in [0.15, 0.2) is 59.1 Å². The number of carbonyl (C=O) groups excluding carboxylic acids is 2. The molecular weight excluding hydrogens is 380 g/mol. The van der Waals surface area contributed by atoms with Crippen molar-refractivity contribution in [3.8, 4) is 0 Å². The van der Waals surface area contributed by atoms with E-state index in [1.54, 1.807) is 18.2 Å². The van der Waals surface area contributed by atoms with Crippen LogP contribution in [-0.2, 0) is 9.59 Å². The Morgan fingerprint density at radius 1 is 1.08 bits per heavy atom. The summed E-state index contributed by atoms with van der Waals surface area (Å²) < 4.78 is 1.01. The van der Waals surface area contributed by atoms with Crippen LogP contribution >= 0.6 is 15.9 Å². The number of hydrogen-bond acceptors (Lipinski definition) is 2. The third-order valence-corrected chi connectivity index (χ3v) is 4.18. The normalized spacial score (nSPS) is 12.0. The minimum Gasteiger partial charge on any atom is -0.346 e. The molecule has 0 aliphatic carbocycles. The predicted octanol–water partition coefficient (Wildman–Crippen LogP) is 4.69. The maximum atomic E-state index is 12.2. The average Bonchev–Trinajstić information content (AvgIpc) is 2.59. The van der Waals surface area contributed by atoms with Crippen LogP contribution in [0.1, 0.15) is 37.4 Å². The molecule has 0 bridgehead atoms. The van der Waals surface area contributed by atoms with Crippen molar-refractivity contribution in [2.24, 2.45) is 0 Å². The number of halogens is 1. The standard InChI is InChI=1S/C20H21BrN2O2/c1-3-19(16-7-9-17(21)10-8-16)23-20(25)13-6-15-4-11-18(12-5-15)22-14(2)24/h4-13,19H,3H2,1-2H3,(H,22,24)(H,23,25)/b13-6+. The second-order valence-electron chi connectivity index (χ2n) is 5.66. The van der Waals surface area contributed by atoms with E-state index in [2.05, 4.69) is 26.6 Å². The lowest BCUT2D eigenvalue weighted by molar-refractivity contribution is -0.117. The molecule has 2 amide bonds. The Hall–Kier alpha value is -2.40. The molecule has 0 heterocycles. The molecule has 0 saturated carbocycles. The van der Waals surface area contributed by atoms with E-state index in [1.807, 2.05) is 43.3 Å². The van der Waals surface area contributed by atoms with E-state index in [0.717, 1.165) is 27.7 Å². The highest BCUT2D eigenvalue weighted by Gasteiger charge is 2.10. The van der Waals surface area contributed by atoms with Gasteiger partial charge in [-0.05, 0) is 47.9 Å². The Morgan fingerprint density at radius 2 is 1.72 bits per heavy atom. The van der Waals surface area contributed by atoms with Crippen molar-refractivity contribution >= 4 is 39.5 Å². The summed E-state index contributed by atoms with van der Waals surface area (Å²) in [5, 5.41) is 5.72. The van der Waals surface area contributed by atoms with Gasteiger partial charge in [-0.1, -0.05) is 47.1 Å². The van der Waals surface area contributed by atoms with Crippen LogP contribution in [-0.4, -0.2) is 11.8 Å². The molecule has 0 aromatic heterocycles. The number of carbonyl (C=O) groups is 2. The zero-order chi connectivity index (χ0) is 18.2. The van der Waals surface area contributed by atoms with Gasteiger partial charge in [-0.15, -0.1) is 0 Å². The van der Waals surface area contributed by atoms with Crippen LogP contribution < -0.4 is 10.6 Å². The lowest BCUT2D eigenvalue weighted by atomic mass is 10.0. The maximum Gasteiger partial charge on any atom is 0.244 e. The van der Waals surface area contributed by atoms with E-state index in [4.69, 9.17) is 0 Å². The van der Waals surface area contributed by atoms with Crippen molar-refractivity contribution in [2.75, 3.05) is 5.32 Å².